The number of hydrogen-bond donors (Lipinski definition) is 2. The van der Waals surface area contributed by atoms with Crippen molar-refractivity contribution in [1.82, 2.24) is 20.0 Å². The molecule has 0 saturated carbocycles. The summed E-state index contributed by atoms with van der Waals surface area (Å²) in [6.07, 6.45) is 8.35. The van der Waals surface area contributed by atoms with E-state index in [-0.39, 0.29) is 0 Å². The number of hydrogen-bond acceptors (Lipinski definition) is 4. The van der Waals surface area contributed by atoms with Gasteiger partial charge in [-0.1, -0.05) is 0 Å². The van der Waals surface area contributed by atoms with Crippen LogP contribution < -0.4 is 5.32 Å². The molecule has 0 amide bonds. The lowest BCUT2D eigenvalue weighted by atomic mass is 10.2. The van der Waals surface area contributed by atoms with Crippen molar-refractivity contribution < 1.29 is 4.74 Å². The second-order valence-electron chi connectivity index (χ2n) is 4.96. The number of nitrogens with zero attached hydrogens (tertiary/aromatic N) is 3. The average Bonchev–Trinajstić information content (AvgIpc) is 3.10. The molecule has 0 spiro atoms. The molecule has 1 aliphatic rings. The number of aromatic amines is 1. The zero-order valence-corrected chi connectivity index (χ0v) is 11.1. The summed E-state index contributed by atoms with van der Waals surface area (Å²) in [5.41, 5.74) is 3.30. The summed E-state index contributed by atoms with van der Waals surface area (Å²) in [7, 11) is 0. The molecule has 1 fully saturated rings. The second-order valence-corrected chi connectivity index (χ2v) is 4.96. The lowest BCUT2D eigenvalue weighted by molar-refractivity contribution is 0.0940. The maximum absolute atomic E-state index is 5.61. The highest BCUT2D eigenvalue weighted by Crippen LogP contribution is 2.15. The van der Waals surface area contributed by atoms with E-state index >= 15 is 0 Å². The Balaban J connectivity index is 1.54. The minimum absolute atomic E-state index is 0.323. The quantitative estimate of drug-likeness (QED) is 0.859. The Bertz CT molecular complexity index is 527. The van der Waals surface area contributed by atoms with Crippen molar-refractivity contribution in [3.63, 3.8) is 0 Å². The van der Waals surface area contributed by atoms with Gasteiger partial charge < -0.3 is 10.1 Å². The Morgan fingerprint density at radius 1 is 1.53 bits per heavy atom. The molecule has 19 heavy (non-hydrogen) atoms. The van der Waals surface area contributed by atoms with Gasteiger partial charge in [0.25, 0.3) is 0 Å². The van der Waals surface area contributed by atoms with Crippen molar-refractivity contribution >= 4 is 5.69 Å². The Morgan fingerprint density at radius 2 is 2.47 bits per heavy atom. The molecule has 0 bridgehead atoms. The summed E-state index contributed by atoms with van der Waals surface area (Å²) < 4.78 is 7.55. The molecule has 2 aromatic rings. The van der Waals surface area contributed by atoms with E-state index in [4.69, 9.17) is 4.74 Å². The first-order chi connectivity index (χ1) is 9.31. The SMILES string of the molecule is Cc1[nH]ncc1CNc1cnn(CC2CCCO2)c1. The van der Waals surface area contributed by atoms with Gasteiger partial charge in [-0.15, -0.1) is 0 Å². The molecule has 1 saturated heterocycles. The molecule has 2 N–H and O–H groups in total. The van der Waals surface area contributed by atoms with E-state index in [1.165, 1.54) is 5.56 Å². The summed E-state index contributed by atoms with van der Waals surface area (Å²) in [5, 5.41) is 14.6. The largest absolute Gasteiger partial charge is 0.378 e. The Kier molecular flexibility index (Phi) is 3.50. The fourth-order valence-electron chi connectivity index (χ4n) is 2.30. The third-order valence-corrected chi connectivity index (χ3v) is 3.47. The monoisotopic (exact) mass is 261 g/mol. The van der Waals surface area contributed by atoms with Gasteiger partial charge in [0, 0.05) is 30.6 Å². The normalized spacial score (nSPS) is 18.9. The summed E-state index contributed by atoms with van der Waals surface area (Å²) in [6.45, 7) is 4.50. The summed E-state index contributed by atoms with van der Waals surface area (Å²) in [5.74, 6) is 0. The van der Waals surface area contributed by atoms with Crippen LogP contribution in [0.25, 0.3) is 0 Å². The summed E-state index contributed by atoms with van der Waals surface area (Å²) in [6, 6.07) is 0. The predicted octanol–water partition coefficient (Wildman–Crippen LogP) is 1.71. The van der Waals surface area contributed by atoms with Crippen LogP contribution in [0, 0.1) is 6.92 Å². The molecule has 0 aromatic carbocycles. The Hall–Kier alpha value is -1.82. The molecule has 1 unspecified atom stereocenters. The third kappa shape index (κ3) is 2.96. The first-order valence-corrected chi connectivity index (χ1v) is 6.68. The highest BCUT2D eigenvalue weighted by Gasteiger charge is 2.16. The second kappa shape index (κ2) is 5.44. The number of H-pyrrole nitrogens is 1. The Labute approximate surface area is 112 Å². The molecule has 6 heteroatoms. The fourth-order valence-corrected chi connectivity index (χ4v) is 2.30. The van der Waals surface area contributed by atoms with Crippen LogP contribution in [0.5, 0.6) is 0 Å². The highest BCUT2D eigenvalue weighted by atomic mass is 16.5. The number of ether oxygens (including phenoxy) is 1. The van der Waals surface area contributed by atoms with Crippen LogP contribution in [0.2, 0.25) is 0 Å². The zero-order valence-electron chi connectivity index (χ0n) is 11.1. The first kappa shape index (κ1) is 12.2. The summed E-state index contributed by atoms with van der Waals surface area (Å²) in [4.78, 5) is 0. The minimum atomic E-state index is 0.323. The number of aryl methyl sites for hydroxylation is 1. The maximum Gasteiger partial charge on any atom is 0.0771 e. The van der Waals surface area contributed by atoms with Gasteiger partial charge in [0.05, 0.1) is 30.7 Å². The van der Waals surface area contributed by atoms with Crippen LogP contribution in [-0.2, 0) is 17.8 Å². The van der Waals surface area contributed by atoms with Crippen LogP contribution in [0.1, 0.15) is 24.1 Å². The number of rotatable bonds is 5. The lowest BCUT2D eigenvalue weighted by Gasteiger charge is -2.08. The van der Waals surface area contributed by atoms with E-state index in [0.29, 0.717) is 6.10 Å². The van der Waals surface area contributed by atoms with Gasteiger partial charge in [-0.25, -0.2) is 0 Å². The highest BCUT2D eigenvalue weighted by molar-refractivity contribution is 5.39. The van der Waals surface area contributed by atoms with Gasteiger partial charge in [0.1, 0.15) is 0 Å². The van der Waals surface area contributed by atoms with Gasteiger partial charge in [-0.3, -0.25) is 9.78 Å². The molecule has 2 aromatic heterocycles. The van der Waals surface area contributed by atoms with Crippen LogP contribution in [0.4, 0.5) is 5.69 Å². The average molecular weight is 261 g/mol. The van der Waals surface area contributed by atoms with Gasteiger partial charge in [0.15, 0.2) is 0 Å². The molecular weight excluding hydrogens is 242 g/mol. The van der Waals surface area contributed by atoms with Crippen molar-refractivity contribution in [2.75, 3.05) is 11.9 Å². The third-order valence-electron chi connectivity index (χ3n) is 3.47. The maximum atomic E-state index is 5.61. The first-order valence-electron chi connectivity index (χ1n) is 6.68. The standard InChI is InChI=1S/C13H19N5O/c1-10-11(6-15-17-10)5-14-12-7-16-18(8-12)9-13-3-2-4-19-13/h6-8,13-14H,2-5,9H2,1H3,(H,15,17). The lowest BCUT2D eigenvalue weighted by Crippen LogP contribution is -2.15. The smallest absolute Gasteiger partial charge is 0.0771 e. The van der Waals surface area contributed by atoms with E-state index in [9.17, 15) is 0 Å². The van der Waals surface area contributed by atoms with Crippen molar-refractivity contribution in [3.05, 3.63) is 29.8 Å². The Morgan fingerprint density at radius 3 is 3.21 bits per heavy atom. The summed E-state index contributed by atoms with van der Waals surface area (Å²) >= 11 is 0. The number of anilines is 1. The molecule has 3 heterocycles. The van der Waals surface area contributed by atoms with E-state index in [1.807, 2.05) is 30.2 Å². The molecule has 102 valence electrons. The topological polar surface area (TPSA) is 67.8 Å². The van der Waals surface area contributed by atoms with Gasteiger partial charge in [0.2, 0.25) is 0 Å². The van der Waals surface area contributed by atoms with Crippen molar-refractivity contribution in [2.45, 2.75) is 39.0 Å². The van der Waals surface area contributed by atoms with Crippen molar-refractivity contribution in [3.8, 4) is 0 Å². The minimum Gasteiger partial charge on any atom is -0.378 e. The van der Waals surface area contributed by atoms with Gasteiger partial charge in [-0.05, 0) is 19.8 Å². The van der Waals surface area contributed by atoms with E-state index in [1.54, 1.807) is 0 Å². The van der Waals surface area contributed by atoms with E-state index in [2.05, 4.69) is 20.6 Å². The molecule has 1 atom stereocenters. The molecular formula is C13H19N5O. The van der Waals surface area contributed by atoms with Gasteiger partial charge in [-0.2, -0.15) is 10.2 Å². The van der Waals surface area contributed by atoms with Crippen LogP contribution in [0.15, 0.2) is 18.6 Å². The fraction of sp³-hybridized carbons (Fsp3) is 0.538. The van der Waals surface area contributed by atoms with Crippen molar-refractivity contribution in [2.24, 2.45) is 0 Å². The molecule has 0 radical (unpaired) electrons. The van der Waals surface area contributed by atoms with E-state index in [0.717, 1.165) is 43.9 Å². The van der Waals surface area contributed by atoms with Gasteiger partial charge >= 0.3 is 0 Å². The predicted molar refractivity (Wildman–Crippen MR) is 71.9 cm³/mol. The molecule has 3 rings (SSSR count). The molecule has 0 aliphatic carbocycles. The zero-order chi connectivity index (χ0) is 13.1. The molecule has 1 aliphatic heterocycles. The van der Waals surface area contributed by atoms with Crippen molar-refractivity contribution in [1.29, 1.82) is 0 Å². The number of aromatic nitrogens is 4. The van der Waals surface area contributed by atoms with Crippen LogP contribution in [0.3, 0.4) is 0 Å². The molecule has 6 nitrogen and oxygen atoms in total. The van der Waals surface area contributed by atoms with Crippen LogP contribution >= 0.6 is 0 Å². The number of nitrogens with one attached hydrogen (secondary N) is 2. The van der Waals surface area contributed by atoms with E-state index < -0.39 is 0 Å². The van der Waals surface area contributed by atoms with Crippen LogP contribution in [-0.4, -0.2) is 32.7 Å².